The van der Waals surface area contributed by atoms with Crippen molar-refractivity contribution in [2.24, 2.45) is 0 Å². The molecule has 20 heavy (non-hydrogen) atoms. The molecule has 0 saturated heterocycles. The second kappa shape index (κ2) is 9.02. The maximum Gasteiger partial charge on any atom is 0.333 e. The Labute approximate surface area is 122 Å². The Morgan fingerprint density at radius 1 is 1.40 bits per heavy atom. The van der Waals surface area contributed by atoms with Gasteiger partial charge in [-0.1, -0.05) is 13.8 Å². The van der Waals surface area contributed by atoms with E-state index in [1.54, 1.807) is 19.9 Å². The van der Waals surface area contributed by atoms with Gasteiger partial charge in [-0.05, 0) is 50.1 Å². The van der Waals surface area contributed by atoms with Crippen molar-refractivity contribution in [2.45, 2.75) is 34.6 Å². The van der Waals surface area contributed by atoms with Gasteiger partial charge < -0.3 is 15.8 Å². The third kappa shape index (κ3) is 4.96. The molecule has 0 bridgehead atoms. The maximum absolute atomic E-state index is 11.5. The smallest absolute Gasteiger partial charge is 0.333 e. The second-order valence-electron chi connectivity index (χ2n) is 4.09. The quantitative estimate of drug-likeness (QED) is 0.501. The second-order valence-corrected chi connectivity index (χ2v) is 4.09. The van der Waals surface area contributed by atoms with Gasteiger partial charge >= 0.3 is 5.97 Å². The van der Waals surface area contributed by atoms with Crippen LogP contribution >= 0.6 is 0 Å². The number of rotatable bonds is 4. The minimum atomic E-state index is -0.298. The van der Waals surface area contributed by atoms with E-state index in [0.717, 1.165) is 16.8 Å². The van der Waals surface area contributed by atoms with Crippen molar-refractivity contribution in [2.75, 3.05) is 24.7 Å². The van der Waals surface area contributed by atoms with E-state index < -0.39 is 0 Å². The number of nitrogens with two attached hydrogens (primary N) is 1. The zero-order valence-corrected chi connectivity index (χ0v) is 13.3. The topological polar surface area (TPSA) is 64.3 Å². The number of aryl methyl sites for hydroxylation is 1. The zero-order chi connectivity index (χ0) is 15.7. The van der Waals surface area contributed by atoms with Crippen LogP contribution in [0.1, 0.15) is 38.8 Å². The molecule has 0 amide bonds. The van der Waals surface area contributed by atoms with E-state index in [0.29, 0.717) is 17.9 Å². The molecule has 0 radical (unpaired) electrons. The summed E-state index contributed by atoms with van der Waals surface area (Å²) in [6.45, 7) is 9.88. The Hall–Kier alpha value is -1.97. The molecule has 0 fully saturated rings. The molecule has 0 atom stereocenters. The summed E-state index contributed by atoms with van der Waals surface area (Å²) < 4.78 is 4.94. The van der Waals surface area contributed by atoms with Crippen LogP contribution in [0.2, 0.25) is 0 Å². The first-order chi connectivity index (χ1) is 9.49. The molecule has 0 unspecified atom stereocenters. The van der Waals surface area contributed by atoms with Gasteiger partial charge in [-0.25, -0.2) is 4.79 Å². The fourth-order valence-corrected chi connectivity index (χ4v) is 1.65. The number of ether oxygens (including phenoxy) is 1. The first-order valence-corrected chi connectivity index (χ1v) is 6.92. The van der Waals surface area contributed by atoms with Gasteiger partial charge in [-0.2, -0.15) is 0 Å². The van der Waals surface area contributed by atoms with Crippen LogP contribution in [0.3, 0.4) is 0 Å². The third-order valence-corrected chi connectivity index (χ3v) is 2.68. The summed E-state index contributed by atoms with van der Waals surface area (Å²) in [4.78, 5) is 11.5. The highest BCUT2D eigenvalue weighted by Gasteiger charge is 2.07. The molecule has 112 valence electrons. The number of carbonyl (C=O) groups is 1. The molecule has 0 aliphatic rings. The minimum Gasteiger partial charge on any atom is -0.463 e. The molecule has 4 heteroatoms. The first-order valence-electron chi connectivity index (χ1n) is 6.92. The predicted molar refractivity (Wildman–Crippen MR) is 86.8 cm³/mol. The van der Waals surface area contributed by atoms with Crippen LogP contribution in [0.25, 0.3) is 6.08 Å². The molecule has 0 spiro atoms. The Kier molecular flexibility index (Phi) is 8.13. The summed E-state index contributed by atoms with van der Waals surface area (Å²) in [5.41, 5.74) is 10.00. The Bertz CT molecular complexity index is 480. The van der Waals surface area contributed by atoms with E-state index in [1.165, 1.54) is 0 Å². The van der Waals surface area contributed by atoms with Crippen LogP contribution in [-0.4, -0.2) is 19.6 Å². The van der Waals surface area contributed by atoms with Crippen LogP contribution in [-0.2, 0) is 9.53 Å². The van der Waals surface area contributed by atoms with E-state index in [-0.39, 0.29) is 5.97 Å². The molecular weight excluding hydrogens is 252 g/mol. The number of carbonyl (C=O) groups excluding carboxylic acids is 1. The van der Waals surface area contributed by atoms with E-state index >= 15 is 0 Å². The average molecular weight is 278 g/mol. The Balaban J connectivity index is 0.00000172. The lowest BCUT2D eigenvalue weighted by Gasteiger charge is -2.10. The fraction of sp³-hybridized carbons (Fsp3) is 0.438. The summed E-state index contributed by atoms with van der Waals surface area (Å²) in [6.07, 6.45) is 1.79. The fourth-order valence-electron chi connectivity index (χ4n) is 1.65. The number of hydrogen-bond acceptors (Lipinski definition) is 4. The van der Waals surface area contributed by atoms with Gasteiger partial charge in [-0.3, -0.25) is 0 Å². The molecule has 4 nitrogen and oxygen atoms in total. The van der Waals surface area contributed by atoms with Crippen molar-refractivity contribution in [1.82, 2.24) is 0 Å². The number of nitrogen functional groups attached to an aromatic ring is 1. The Morgan fingerprint density at radius 3 is 2.50 bits per heavy atom. The predicted octanol–water partition coefficient (Wildman–Crippen LogP) is 3.61. The standard InChI is InChI=1S/C14H20N2O2.C2H6/c1-5-18-14(17)10(3)6-11-8-12(15)13(16-4)7-9(11)2;1-2/h6-8,16H,5,15H2,1-4H3;1-2H3/b10-6+;. The van der Waals surface area contributed by atoms with Gasteiger partial charge in [0.1, 0.15) is 0 Å². The van der Waals surface area contributed by atoms with Crippen LogP contribution in [0, 0.1) is 6.92 Å². The lowest BCUT2D eigenvalue weighted by Crippen LogP contribution is -2.05. The van der Waals surface area contributed by atoms with Crippen LogP contribution in [0.4, 0.5) is 11.4 Å². The first kappa shape index (κ1) is 18.0. The van der Waals surface area contributed by atoms with Crippen molar-refractivity contribution in [3.05, 3.63) is 28.8 Å². The number of nitrogens with one attached hydrogen (secondary N) is 1. The largest absolute Gasteiger partial charge is 0.463 e. The summed E-state index contributed by atoms with van der Waals surface area (Å²) in [5, 5.41) is 3.02. The average Bonchev–Trinajstić information content (AvgIpc) is 2.44. The summed E-state index contributed by atoms with van der Waals surface area (Å²) >= 11 is 0. The maximum atomic E-state index is 11.5. The zero-order valence-electron chi connectivity index (χ0n) is 13.3. The van der Waals surface area contributed by atoms with Crippen molar-refractivity contribution >= 4 is 23.4 Å². The van der Waals surface area contributed by atoms with Crippen LogP contribution < -0.4 is 11.1 Å². The monoisotopic (exact) mass is 278 g/mol. The molecule has 3 N–H and O–H groups in total. The SMILES string of the molecule is CC.CCOC(=O)/C(C)=C/c1cc(N)c(NC)cc1C. The lowest BCUT2D eigenvalue weighted by atomic mass is 10.0. The van der Waals surface area contributed by atoms with Crippen LogP contribution in [0.5, 0.6) is 0 Å². The van der Waals surface area contributed by atoms with Crippen molar-refractivity contribution in [3.63, 3.8) is 0 Å². The molecule has 1 aromatic rings. The molecule has 1 rings (SSSR count). The van der Waals surface area contributed by atoms with Crippen LogP contribution in [0.15, 0.2) is 17.7 Å². The normalized spacial score (nSPS) is 10.4. The molecule has 0 saturated carbocycles. The van der Waals surface area contributed by atoms with Gasteiger partial charge in [0.2, 0.25) is 0 Å². The minimum absolute atomic E-state index is 0.298. The summed E-state index contributed by atoms with van der Waals surface area (Å²) in [5.74, 6) is -0.298. The third-order valence-electron chi connectivity index (χ3n) is 2.68. The summed E-state index contributed by atoms with van der Waals surface area (Å²) in [7, 11) is 1.82. The molecule has 0 heterocycles. The molecular formula is C16H26N2O2. The highest BCUT2D eigenvalue weighted by Crippen LogP contribution is 2.24. The van der Waals surface area contributed by atoms with E-state index in [9.17, 15) is 4.79 Å². The highest BCUT2D eigenvalue weighted by atomic mass is 16.5. The van der Waals surface area contributed by atoms with Gasteiger partial charge in [0.15, 0.2) is 0 Å². The molecule has 0 aliphatic heterocycles. The number of benzene rings is 1. The van der Waals surface area contributed by atoms with E-state index in [2.05, 4.69) is 5.32 Å². The highest BCUT2D eigenvalue weighted by molar-refractivity contribution is 5.93. The number of esters is 1. The molecule has 0 aliphatic carbocycles. The van der Waals surface area contributed by atoms with Crippen molar-refractivity contribution < 1.29 is 9.53 Å². The summed E-state index contributed by atoms with van der Waals surface area (Å²) in [6, 6.07) is 3.81. The van der Waals surface area contributed by atoms with Crippen molar-refractivity contribution in [3.8, 4) is 0 Å². The van der Waals surface area contributed by atoms with Gasteiger partial charge in [0.05, 0.1) is 18.0 Å². The van der Waals surface area contributed by atoms with Gasteiger partial charge in [0, 0.05) is 12.6 Å². The number of anilines is 2. The molecule has 1 aromatic carbocycles. The van der Waals surface area contributed by atoms with E-state index in [1.807, 2.05) is 40.0 Å². The van der Waals surface area contributed by atoms with E-state index in [4.69, 9.17) is 10.5 Å². The number of hydrogen-bond donors (Lipinski definition) is 2. The molecule has 0 aromatic heterocycles. The van der Waals surface area contributed by atoms with Gasteiger partial charge in [-0.15, -0.1) is 0 Å². The lowest BCUT2D eigenvalue weighted by molar-refractivity contribution is -0.138. The van der Waals surface area contributed by atoms with Gasteiger partial charge in [0.25, 0.3) is 0 Å². The van der Waals surface area contributed by atoms with Crippen molar-refractivity contribution in [1.29, 1.82) is 0 Å². The Morgan fingerprint density at radius 2 is 2.00 bits per heavy atom.